The molecule has 132 valence electrons. The largest absolute Gasteiger partial charge is 0.404 e. The van der Waals surface area contributed by atoms with Crippen LogP contribution in [0.15, 0.2) is 0 Å². The van der Waals surface area contributed by atoms with E-state index < -0.39 is 14.7 Å². The lowest BCUT2D eigenvalue weighted by Gasteiger charge is -2.37. The van der Waals surface area contributed by atoms with E-state index in [9.17, 15) is 0 Å². The molecule has 0 atom stereocenters. The van der Waals surface area contributed by atoms with Gasteiger partial charge in [0.2, 0.25) is 0 Å². The Bertz CT molecular complexity index is 275. The highest BCUT2D eigenvalue weighted by Crippen LogP contribution is 2.27. The first-order valence-electron chi connectivity index (χ1n) is 8.73. The zero-order valence-electron chi connectivity index (χ0n) is 15.0. The van der Waals surface area contributed by atoms with Gasteiger partial charge in [0.15, 0.2) is 0 Å². The van der Waals surface area contributed by atoms with E-state index in [0.29, 0.717) is 25.7 Å². The molecule has 1 aliphatic rings. The van der Waals surface area contributed by atoms with E-state index >= 15 is 0 Å². The Labute approximate surface area is 136 Å². The van der Waals surface area contributed by atoms with Gasteiger partial charge in [0.25, 0.3) is 0 Å². The van der Waals surface area contributed by atoms with Gasteiger partial charge in [0, 0.05) is 6.61 Å². The molecule has 0 bridgehead atoms. The Kier molecular flexibility index (Phi) is 9.12. The van der Waals surface area contributed by atoms with E-state index in [1.165, 1.54) is 32.1 Å². The molecule has 1 saturated carbocycles. The number of rotatable bonds is 11. The lowest BCUT2D eigenvalue weighted by atomic mass is 9.90. The molecule has 0 aromatic rings. The van der Waals surface area contributed by atoms with E-state index in [-0.39, 0.29) is 0 Å². The van der Waals surface area contributed by atoms with Crippen molar-refractivity contribution in [3.63, 3.8) is 0 Å². The fourth-order valence-electron chi connectivity index (χ4n) is 2.75. The quantitative estimate of drug-likeness (QED) is 0.422. The Hall–Kier alpha value is 0.0169. The van der Waals surface area contributed by atoms with Crippen LogP contribution in [0.4, 0.5) is 0 Å². The maximum Gasteiger partial charge on any atom is 0.404 e. The van der Waals surface area contributed by atoms with Crippen molar-refractivity contribution in [3.05, 3.63) is 0 Å². The average molecular weight is 335 g/mol. The molecule has 0 N–H and O–H groups in total. The summed E-state index contributed by atoms with van der Waals surface area (Å²) in [6, 6.07) is 0. The number of hydrogen-bond acceptors (Lipinski definition) is 5. The Morgan fingerprint density at radius 1 is 0.864 bits per heavy atom. The van der Waals surface area contributed by atoms with Gasteiger partial charge in [0.1, 0.15) is 0 Å². The average Bonchev–Trinajstić information content (AvgIpc) is 2.47. The molecule has 1 aliphatic carbocycles. The van der Waals surface area contributed by atoms with Gasteiger partial charge in [-0.2, -0.15) is 0 Å². The molecule has 0 saturated heterocycles. The van der Waals surface area contributed by atoms with Crippen molar-refractivity contribution in [1.82, 2.24) is 0 Å². The highest BCUT2D eigenvalue weighted by molar-refractivity contribution is 6.64. The van der Waals surface area contributed by atoms with Crippen LogP contribution in [0.25, 0.3) is 0 Å². The second kappa shape index (κ2) is 10.0. The maximum absolute atomic E-state index is 6.14. The van der Waals surface area contributed by atoms with Gasteiger partial charge in [-0.15, -0.1) is 0 Å². The molecule has 0 aromatic heterocycles. The third-order valence-corrected chi connectivity index (χ3v) is 5.33. The summed E-state index contributed by atoms with van der Waals surface area (Å²) in [5.74, 6) is 0.657. The molecule has 0 aliphatic heterocycles. The fourth-order valence-corrected chi connectivity index (χ4v) is 4.22. The van der Waals surface area contributed by atoms with Crippen molar-refractivity contribution in [2.75, 3.05) is 26.4 Å². The number of ether oxygens (including phenoxy) is 3. The minimum absolute atomic E-state index is 0.451. The van der Waals surface area contributed by atoms with E-state index in [0.717, 1.165) is 6.61 Å². The van der Waals surface area contributed by atoms with Crippen LogP contribution in [0, 0.1) is 5.92 Å². The first-order chi connectivity index (χ1) is 10.5. The first-order valence-corrected chi connectivity index (χ1v) is 11.5. The molecule has 1 rings (SSSR count). The van der Waals surface area contributed by atoms with Gasteiger partial charge >= 0.3 is 14.7 Å². The second-order valence-corrected chi connectivity index (χ2v) is 9.41. The van der Waals surface area contributed by atoms with Crippen molar-refractivity contribution in [2.24, 2.45) is 5.92 Å². The summed E-state index contributed by atoms with van der Waals surface area (Å²) >= 11 is 0. The molecular weight excluding hydrogens is 300 g/mol. The van der Waals surface area contributed by atoms with Crippen LogP contribution in [-0.2, 0) is 23.1 Å². The monoisotopic (exact) mass is 334 g/mol. The zero-order chi connectivity index (χ0) is 16.5. The summed E-state index contributed by atoms with van der Waals surface area (Å²) in [7, 11) is -2.41. The van der Waals surface area contributed by atoms with E-state index in [1.54, 1.807) is 0 Å². The highest BCUT2D eigenvalue weighted by atomic mass is 28.4. The number of hydrogen-bond donors (Lipinski definition) is 0. The molecule has 1 fully saturated rings. The van der Waals surface area contributed by atoms with Crippen LogP contribution in [0.1, 0.15) is 52.9 Å². The molecule has 0 unspecified atom stereocenters. The minimum atomic E-state index is -2.41. The molecule has 6 heteroatoms. The Balaban J connectivity index is 2.58. The van der Waals surface area contributed by atoms with Crippen molar-refractivity contribution in [2.45, 2.75) is 72.1 Å². The van der Waals surface area contributed by atoms with E-state index in [2.05, 4.69) is 0 Å². The Morgan fingerprint density at radius 2 is 1.36 bits per heavy atom. The molecule has 0 amide bonds. The van der Waals surface area contributed by atoms with Gasteiger partial charge in [0.05, 0.1) is 19.8 Å². The summed E-state index contributed by atoms with van der Waals surface area (Å²) in [5, 5.41) is 0. The summed E-state index contributed by atoms with van der Waals surface area (Å²) in [6.07, 6.45) is 5.09. The molecular formula is C16H34O5Si. The van der Waals surface area contributed by atoms with Crippen molar-refractivity contribution in [3.8, 4) is 0 Å². The van der Waals surface area contributed by atoms with E-state index in [4.69, 9.17) is 23.1 Å². The third-order valence-electron chi connectivity index (χ3n) is 3.73. The molecule has 0 aromatic carbocycles. The highest BCUT2D eigenvalue weighted by Gasteiger charge is 2.43. The van der Waals surface area contributed by atoms with Crippen LogP contribution >= 0.6 is 0 Å². The lowest BCUT2D eigenvalue weighted by molar-refractivity contribution is -0.475. The molecule has 0 radical (unpaired) electrons. The van der Waals surface area contributed by atoms with Crippen molar-refractivity contribution in [1.29, 1.82) is 0 Å². The van der Waals surface area contributed by atoms with E-state index in [1.807, 2.05) is 33.9 Å². The summed E-state index contributed by atoms with van der Waals surface area (Å²) in [5.41, 5.74) is 0. The van der Waals surface area contributed by atoms with Gasteiger partial charge in [-0.25, -0.2) is 0 Å². The predicted octanol–water partition coefficient (Wildman–Crippen LogP) is 4.02. The predicted molar refractivity (Wildman–Crippen MR) is 88.7 cm³/mol. The topological polar surface area (TPSA) is 46.2 Å². The third kappa shape index (κ3) is 7.06. The van der Waals surface area contributed by atoms with Crippen molar-refractivity contribution >= 4 is 8.56 Å². The van der Waals surface area contributed by atoms with Crippen molar-refractivity contribution < 1.29 is 23.1 Å². The van der Waals surface area contributed by atoms with Crippen LogP contribution in [-0.4, -0.2) is 41.1 Å². The van der Waals surface area contributed by atoms with Gasteiger partial charge in [-0.3, -0.25) is 0 Å². The SMILES string of the molecule is CCOC(OCC)(OCC)O[Si](C)(C)OCC1CCCCC1. The molecule has 22 heavy (non-hydrogen) atoms. The Morgan fingerprint density at radius 3 is 1.82 bits per heavy atom. The maximum atomic E-state index is 6.14. The van der Waals surface area contributed by atoms with Gasteiger partial charge in [-0.05, 0) is 52.6 Å². The lowest BCUT2D eigenvalue weighted by Crippen LogP contribution is -2.52. The summed E-state index contributed by atoms with van der Waals surface area (Å²) < 4.78 is 29.1. The fraction of sp³-hybridized carbons (Fsp3) is 1.00. The normalized spacial score (nSPS) is 17.9. The molecule has 0 heterocycles. The molecule has 5 nitrogen and oxygen atoms in total. The first kappa shape index (κ1) is 20.1. The standard InChI is InChI=1S/C16H34O5Si/c1-6-17-16(18-7-2,19-8-3)21-22(4,5)20-14-15-12-10-9-11-13-15/h15H,6-14H2,1-5H3. The van der Waals surface area contributed by atoms with Gasteiger partial charge < -0.3 is 23.1 Å². The smallest absolute Gasteiger partial charge is 0.394 e. The summed E-state index contributed by atoms with van der Waals surface area (Å²) in [4.78, 5) is 0. The summed E-state index contributed by atoms with van der Waals surface area (Å²) in [6.45, 7) is 11.8. The van der Waals surface area contributed by atoms with Crippen LogP contribution in [0.2, 0.25) is 13.1 Å². The molecule has 0 spiro atoms. The van der Waals surface area contributed by atoms with Crippen LogP contribution < -0.4 is 0 Å². The van der Waals surface area contributed by atoms with Crippen LogP contribution in [0.3, 0.4) is 0 Å². The van der Waals surface area contributed by atoms with Gasteiger partial charge in [-0.1, -0.05) is 19.3 Å². The minimum Gasteiger partial charge on any atom is -0.394 e. The zero-order valence-corrected chi connectivity index (χ0v) is 16.0. The van der Waals surface area contributed by atoms with Crippen LogP contribution in [0.5, 0.6) is 0 Å². The second-order valence-electron chi connectivity index (χ2n) is 6.12.